The Bertz CT molecular complexity index is 1240. The number of sulfone groups is 1. The molecule has 1 heterocycles. The summed E-state index contributed by atoms with van der Waals surface area (Å²) in [6.07, 6.45) is 4.92. The van der Waals surface area contributed by atoms with E-state index in [0.717, 1.165) is 29.8 Å². The molecule has 6 nitrogen and oxygen atoms in total. The molecule has 3 aromatic rings. The van der Waals surface area contributed by atoms with Crippen molar-refractivity contribution in [3.05, 3.63) is 83.9 Å². The van der Waals surface area contributed by atoms with Crippen LogP contribution in [0.5, 0.6) is 0 Å². The molecular formula is C22H23FN2O4S2. The molecule has 1 aromatic heterocycles. The van der Waals surface area contributed by atoms with E-state index in [1.54, 1.807) is 24.5 Å². The molecule has 0 aliphatic rings. The lowest BCUT2D eigenvalue weighted by Gasteiger charge is -2.14. The minimum atomic E-state index is -4.00. The van der Waals surface area contributed by atoms with Crippen molar-refractivity contribution >= 4 is 19.9 Å². The van der Waals surface area contributed by atoms with E-state index in [1.807, 2.05) is 6.92 Å². The molecule has 9 heteroatoms. The monoisotopic (exact) mass is 462 g/mol. The second-order valence-corrected chi connectivity index (χ2v) is 10.7. The second kappa shape index (κ2) is 9.67. The number of aryl methyl sites for hydroxylation is 1. The summed E-state index contributed by atoms with van der Waals surface area (Å²) in [5, 5.41) is 0. The summed E-state index contributed by atoms with van der Waals surface area (Å²) in [4.78, 5) is 3.60. The maximum absolute atomic E-state index is 13.2. The van der Waals surface area contributed by atoms with E-state index in [0.29, 0.717) is 24.8 Å². The summed E-state index contributed by atoms with van der Waals surface area (Å²) >= 11 is 0. The summed E-state index contributed by atoms with van der Waals surface area (Å²) in [6.45, 7) is 2.07. The summed E-state index contributed by atoms with van der Waals surface area (Å²) < 4.78 is 67.7. The number of benzene rings is 2. The number of pyridine rings is 1. The molecular weight excluding hydrogens is 439 g/mol. The van der Waals surface area contributed by atoms with Gasteiger partial charge in [0, 0.05) is 18.9 Å². The zero-order valence-corrected chi connectivity index (χ0v) is 18.6. The van der Waals surface area contributed by atoms with Crippen LogP contribution in [0.4, 0.5) is 4.39 Å². The lowest BCUT2D eigenvalue weighted by molar-refractivity contribution is 0.579. The van der Waals surface area contributed by atoms with Crippen molar-refractivity contribution in [1.82, 2.24) is 9.71 Å². The Balaban J connectivity index is 1.93. The van der Waals surface area contributed by atoms with Crippen LogP contribution in [0.1, 0.15) is 24.5 Å². The van der Waals surface area contributed by atoms with Gasteiger partial charge in [-0.15, -0.1) is 0 Å². The maximum atomic E-state index is 13.2. The fraction of sp³-hybridized carbons (Fsp3) is 0.227. The first kappa shape index (κ1) is 23.1. The van der Waals surface area contributed by atoms with Crippen LogP contribution in [0.25, 0.3) is 0 Å². The first-order valence-electron chi connectivity index (χ1n) is 9.76. The molecule has 0 unspecified atom stereocenters. The average molecular weight is 463 g/mol. The van der Waals surface area contributed by atoms with Gasteiger partial charge in [-0.05, 0) is 72.5 Å². The van der Waals surface area contributed by atoms with E-state index in [9.17, 15) is 21.2 Å². The number of sulfonamides is 1. The second-order valence-electron chi connectivity index (χ2n) is 6.98. The number of hydrogen-bond acceptors (Lipinski definition) is 5. The van der Waals surface area contributed by atoms with Gasteiger partial charge in [-0.2, -0.15) is 0 Å². The summed E-state index contributed by atoms with van der Waals surface area (Å²) in [7, 11) is -7.94. The van der Waals surface area contributed by atoms with Crippen LogP contribution in [-0.2, 0) is 32.7 Å². The minimum absolute atomic E-state index is 0.0627. The van der Waals surface area contributed by atoms with Crippen LogP contribution in [-0.4, -0.2) is 28.4 Å². The Labute approximate surface area is 182 Å². The molecule has 0 aliphatic heterocycles. The van der Waals surface area contributed by atoms with Gasteiger partial charge < -0.3 is 0 Å². The van der Waals surface area contributed by atoms with Crippen molar-refractivity contribution in [2.75, 3.05) is 6.54 Å². The lowest BCUT2D eigenvalue weighted by atomic mass is 10.1. The molecule has 0 bridgehead atoms. The predicted molar refractivity (Wildman–Crippen MR) is 115 cm³/mol. The fourth-order valence-electron chi connectivity index (χ4n) is 3.13. The number of nitrogens with one attached hydrogen (secondary N) is 1. The molecule has 0 saturated heterocycles. The van der Waals surface area contributed by atoms with Gasteiger partial charge in [-0.3, -0.25) is 4.98 Å². The van der Waals surface area contributed by atoms with Gasteiger partial charge in [0.1, 0.15) is 5.82 Å². The number of nitrogens with zero attached hydrogens (tertiary/aromatic N) is 1. The highest BCUT2D eigenvalue weighted by molar-refractivity contribution is 7.91. The van der Waals surface area contributed by atoms with E-state index in [-0.39, 0.29) is 21.2 Å². The summed E-state index contributed by atoms with van der Waals surface area (Å²) in [6, 6.07) is 12.1. The molecule has 31 heavy (non-hydrogen) atoms. The normalized spacial score (nSPS) is 12.1. The smallest absolute Gasteiger partial charge is 0.240 e. The molecule has 0 amide bonds. The first-order chi connectivity index (χ1) is 14.7. The molecule has 0 saturated carbocycles. The van der Waals surface area contributed by atoms with Crippen LogP contribution in [0.2, 0.25) is 0 Å². The molecule has 1 N–H and O–H groups in total. The van der Waals surface area contributed by atoms with Crippen molar-refractivity contribution in [3.63, 3.8) is 0 Å². The van der Waals surface area contributed by atoms with Gasteiger partial charge in [0.2, 0.25) is 19.9 Å². The zero-order valence-electron chi connectivity index (χ0n) is 17.0. The highest BCUT2D eigenvalue weighted by Gasteiger charge is 2.24. The third-order valence-corrected chi connectivity index (χ3v) is 8.05. The lowest BCUT2D eigenvalue weighted by Crippen LogP contribution is -2.27. The van der Waals surface area contributed by atoms with Crippen molar-refractivity contribution in [1.29, 1.82) is 0 Å². The highest BCUT2D eigenvalue weighted by atomic mass is 32.2. The van der Waals surface area contributed by atoms with Gasteiger partial charge in [0.05, 0.1) is 14.7 Å². The molecule has 2 aromatic carbocycles. The molecule has 0 spiro atoms. The van der Waals surface area contributed by atoms with Crippen molar-refractivity contribution in [2.24, 2.45) is 0 Å². The third-order valence-electron chi connectivity index (χ3n) is 4.74. The molecule has 0 atom stereocenters. The average Bonchev–Trinajstić information content (AvgIpc) is 2.75. The van der Waals surface area contributed by atoms with Crippen molar-refractivity contribution < 1.29 is 21.2 Å². The minimum Gasteiger partial charge on any atom is -0.265 e. The van der Waals surface area contributed by atoms with Crippen LogP contribution in [0.3, 0.4) is 0 Å². The quantitative estimate of drug-likeness (QED) is 0.491. The molecule has 0 radical (unpaired) electrons. The predicted octanol–water partition coefficient (Wildman–Crippen LogP) is 3.53. The van der Waals surface area contributed by atoms with E-state index < -0.39 is 25.7 Å². The highest BCUT2D eigenvalue weighted by Crippen LogP contribution is 2.26. The number of halogens is 1. The van der Waals surface area contributed by atoms with Crippen molar-refractivity contribution in [3.8, 4) is 0 Å². The molecule has 164 valence electrons. The van der Waals surface area contributed by atoms with E-state index in [1.165, 1.54) is 18.2 Å². The number of rotatable bonds is 9. The third kappa shape index (κ3) is 5.55. The number of hydrogen-bond donors (Lipinski definition) is 1. The maximum Gasteiger partial charge on any atom is 0.240 e. The van der Waals surface area contributed by atoms with Gasteiger partial charge in [0.25, 0.3) is 0 Å². The fourth-order valence-corrected chi connectivity index (χ4v) is 5.82. The summed E-state index contributed by atoms with van der Waals surface area (Å²) in [5.41, 5.74) is 1.47. The number of aromatic nitrogens is 1. The molecule has 0 aliphatic carbocycles. The first-order valence-corrected chi connectivity index (χ1v) is 12.7. The Morgan fingerprint density at radius 1 is 0.871 bits per heavy atom. The van der Waals surface area contributed by atoms with Crippen LogP contribution < -0.4 is 4.72 Å². The van der Waals surface area contributed by atoms with Gasteiger partial charge in [-0.25, -0.2) is 25.9 Å². The van der Waals surface area contributed by atoms with Gasteiger partial charge in [-0.1, -0.05) is 19.4 Å². The van der Waals surface area contributed by atoms with E-state index >= 15 is 0 Å². The van der Waals surface area contributed by atoms with Crippen molar-refractivity contribution in [2.45, 2.75) is 40.9 Å². The molecule has 0 fully saturated rings. The topological polar surface area (TPSA) is 93.2 Å². The Morgan fingerprint density at radius 3 is 2.16 bits per heavy atom. The Morgan fingerprint density at radius 2 is 1.52 bits per heavy atom. The van der Waals surface area contributed by atoms with E-state index in [2.05, 4.69) is 9.71 Å². The SMILES string of the molecule is CCCc1ccc(S(=O)(=O)c2ccc(F)cc2)cc1S(=O)(=O)NCCc1ccncc1. The Hall–Kier alpha value is -2.62. The van der Waals surface area contributed by atoms with Gasteiger partial charge >= 0.3 is 0 Å². The zero-order chi connectivity index (χ0) is 22.5. The summed E-state index contributed by atoms with van der Waals surface area (Å²) in [5.74, 6) is -0.557. The standard InChI is InChI=1S/C22H23FN2O4S2/c1-2-3-18-4-7-21(30(26,27)20-8-5-19(23)6-9-20)16-22(18)31(28,29)25-15-12-17-10-13-24-14-11-17/h4-11,13-14,16,25H,2-3,12,15H2,1H3. The largest absolute Gasteiger partial charge is 0.265 e. The van der Waals surface area contributed by atoms with Crippen LogP contribution in [0, 0.1) is 5.82 Å². The molecule has 3 rings (SSSR count). The van der Waals surface area contributed by atoms with Crippen LogP contribution in [0.15, 0.2) is 81.7 Å². The van der Waals surface area contributed by atoms with E-state index in [4.69, 9.17) is 0 Å². The van der Waals surface area contributed by atoms with Gasteiger partial charge in [0.15, 0.2) is 0 Å². The van der Waals surface area contributed by atoms with Crippen LogP contribution >= 0.6 is 0 Å². The Kier molecular flexibility index (Phi) is 7.19.